The molecule has 0 bridgehead atoms. The number of aliphatic hydroxyl groups is 1. The molecule has 1 heterocycles. The molecule has 2 aliphatic rings. The normalized spacial score (nSPS) is 30.1. The lowest BCUT2D eigenvalue weighted by atomic mass is 9.93. The van der Waals surface area contributed by atoms with Gasteiger partial charge in [0.05, 0.1) is 11.9 Å². The monoisotopic (exact) mass is 272 g/mol. The van der Waals surface area contributed by atoms with E-state index in [9.17, 15) is 9.90 Å². The Bertz CT molecular complexity index is 270. The zero-order chi connectivity index (χ0) is 12.8. The van der Waals surface area contributed by atoms with Crippen LogP contribution in [0.15, 0.2) is 0 Å². The van der Waals surface area contributed by atoms with E-state index < -0.39 is 0 Å². The number of thioether (sulfide) groups is 1. The third-order valence-electron chi connectivity index (χ3n) is 3.75. The van der Waals surface area contributed by atoms with E-state index in [1.165, 1.54) is 12.8 Å². The van der Waals surface area contributed by atoms with Gasteiger partial charge in [-0.3, -0.25) is 4.79 Å². The van der Waals surface area contributed by atoms with Crippen LogP contribution < -0.4 is 10.6 Å². The largest absolute Gasteiger partial charge is 0.393 e. The SMILES string of the molecule is O=C(CSC1CCNCC1)NC1CCCC(O)C1. The molecule has 1 aliphatic heterocycles. The number of amides is 1. The lowest BCUT2D eigenvalue weighted by Gasteiger charge is -2.27. The predicted molar refractivity (Wildman–Crippen MR) is 74.8 cm³/mol. The molecule has 5 heteroatoms. The Morgan fingerprint density at radius 2 is 2.06 bits per heavy atom. The highest BCUT2D eigenvalue weighted by Crippen LogP contribution is 2.21. The lowest BCUT2D eigenvalue weighted by molar-refractivity contribution is -0.119. The summed E-state index contributed by atoms with van der Waals surface area (Å²) in [6.07, 6.45) is 5.76. The Labute approximate surface area is 113 Å². The second kappa shape index (κ2) is 7.36. The minimum atomic E-state index is -0.221. The maximum Gasteiger partial charge on any atom is 0.230 e. The molecule has 1 saturated carbocycles. The van der Waals surface area contributed by atoms with Gasteiger partial charge in [-0.05, 0) is 51.6 Å². The van der Waals surface area contributed by atoms with Gasteiger partial charge in [-0.15, -0.1) is 11.8 Å². The van der Waals surface area contributed by atoms with Crippen molar-refractivity contribution in [1.29, 1.82) is 0 Å². The highest BCUT2D eigenvalue weighted by Gasteiger charge is 2.22. The first-order valence-corrected chi connectivity index (χ1v) is 8.08. The van der Waals surface area contributed by atoms with Crippen molar-refractivity contribution in [1.82, 2.24) is 10.6 Å². The fourth-order valence-corrected chi connectivity index (χ4v) is 3.76. The molecular weight excluding hydrogens is 248 g/mol. The van der Waals surface area contributed by atoms with Crippen LogP contribution in [0, 0.1) is 0 Å². The highest BCUT2D eigenvalue weighted by molar-refractivity contribution is 8.00. The number of rotatable bonds is 4. The van der Waals surface area contributed by atoms with E-state index >= 15 is 0 Å². The molecule has 0 aromatic carbocycles. The smallest absolute Gasteiger partial charge is 0.230 e. The third kappa shape index (κ3) is 4.78. The molecule has 0 radical (unpaired) electrons. The third-order valence-corrected chi connectivity index (χ3v) is 5.12. The molecule has 2 rings (SSSR count). The van der Waals surface area contributed by atoms with Crippen LogP contribution >= 0.6 is 11.8 Å². The van der Waals surface area contributed by atoms with Gasteiger partial charge in [0.2, 0.25) is 5.91 Å². The van der Waals surface area contributed by atoms with Gasteiger partial charge in [-0.1, -0.05) is 0 Å². The van der Waals surface area contributed by atoms with Gasteiger partial charge in [-0.2, -0.15) is 0 Å². The fraction of sp³-hybridized carbons (Fsp3) is 0.923. The molecule has 2 atom stereocenters. The van der Waals surface area contributed by atoms with E-state index in [1.807, 2.05) is 0 Å². The minimum Gasteiger partial charge on any atom is -0.393 e. The fourth-order valence-electron chi connectivity index (χ4n) is 2.72. The van der Waals surface area contributed by atoms with Gasteiger partial charge in [0, 0.05) is 11.3 Å². The van der Waals surface area contributed by atoms with Gasteiger partial charge >= 0.3 is 0 Å². The minimum absolute atomic E-state index is 0.137. The number of hydrogen-bond donors (Lipinski definition) is 3. The Morgan fingerprint density at radius 3 is 2.78 bits per heavy atom. The van der Waals surface area contributed by atoms with Gasteiger partial charge in [0.15, 0.2) is 0 Å². The number of hydrogen-bond acceptors (Lipinski definition) is 4. The summed E-state index contributed by atoms with van der Waals surface area (Å²) in [6, 6.07) is 0.190. The summed E-state index contributed by atoms with van der Waals surface area (Å²) in [6.45, 7) is 2.15. The van der Waals surface area contributed by atoms with E-state index in [-0.39, 0.29) is 18.1 Å². The van der Waals surface area contributed by atoms with Crippen molar-refractivity contribution >= 4 is 17.7 Å². The van der Waals surface area contributed by atoms with Gasteiger partial charge < -0.3 is 15.7 Å². The van der Waals surface area contributed by atoms with E-state index in [0.717, 1.165) is 38.8 Å². The summed E-state index contributed by atoms with van der Waals surface area (Å²) in [5.41, 5.74) is 0. The summed E-state index contributed by atoms with van der Waals surface area (Å²) < 4.78 is 0. The van der Waals surface area contributed by atoms with Crippen molar-refractivity contribution in [3.63, 3.8) is 0 Å². The van der Waals surface area contributed by atoms with Crippen molar-refractivity contribution in [3.05, 3.63) is 0 Å². The van der Waals surface area contributed by atoms with E-state index in [2.05, 4.69) is 10.6 Å². The van der Waals surface area contributed by atoms with Crippen LogP contribution in [0.2, 0.25) is 0 Å². The predicted octanol–water partition coefficient (Wildman–Crippen LogP) is 0.891. The molecule has 1 amide bonds. The van der Waals surface area contributed by atoms with Crippen molar-refractivity contribution in [2.75, 3.05) is 18.8 Å². The standard InChI is InChI=1S/C13H24N2O2S/c16-11-3-1-2-10(8-11)15-13(17)9-18-12-4-6-14-7-5-12/h10-12,14,16H,1-9H2,(H,15,17). The molecular formula is C13H24N2O2S. The molecule has 2 fully saturated rings. The Kier molecular flexibility index (Phi) is 5.79. The summed E-state index contributed by atoms with van der Waals surface area (Å²) in [4.78, 5) is 11.8. The maximum absolute atomic E-state index is 11.8. The van der Waals surface area contributed by atoms with Gasteiger partial charge in [0.1, 0.15) is 0 Å². The van der Waals surface area contributed by atoms with Crippen molar-refractivity contribution in [3.8, 4) is 0 Å². The second-order valence-electron chi connectivity index (χ2n) is 5.35. The Balaban J connectivity index is 1.62. The summed E-state index contributed by atoms with van der Waals surface area (Å²) in [7, 11) is 0. The number of carbonyl (C=O) groups is 1. The van der Waals surface area contributed by atoms with Crippen LogP contribution in [0.25, 0.3) is 0 Å². The molecule has 3 N–H and O–H groups in total. The molecule has 0 aromatic heterocycles. The quantitative estimate of drug-likeness (QED) is 0.711. The average Bonchev–Trinajstić information content (AvgIpc) is 2.38. The second-order valence-corrected chi connectivity index (χ2v) is 6.63. The topological polar surface area (TPSA) is 61.4 Å². The zero-order valence-corrected chi connectivity index (χ0v) is 11.7. The lowest BCUT2D eigenvalue weighted by Crippen LogP contribution is -2.41. The van der Waals surface area contributed by atoms with Crippen LogP contribution in [-0.4, -0.2) is 47.3 Å². The van der Waals surface area contributed by atoms with Crippen LogP contribution in [0.1, 0.15) is 38.5 Å². The first-order chi connectivity index (χ1) is 8.74. The summed E-state index contributed by atoms with van der Waals surface area (Å²) in [5.74, 6) is 0.703. The van der Waals surface area contributed by atoms with E-state index in [0.29, 0.717) is 11.0 Å². The van der Waals surface area contributed by atoms with Crippen LogP contribution in [0.4, 0.5) is 0 Å². The Hall–Kier alpha value is -0.260. The van der Waals surface area contributed by atoms with E-state index in [4.69, 9.17) is 0 Å². The van der Waals surface area contributed by atoms with Gasteiger partial charge in [0.25, 0.3) is 0 Å². The molecule has 104 valence electrons. The number of nitrogens with one attached hydrogen (secondary N) is 2. The molecule has 0 spiro atoms. The molecule has 18 heavy (non-hydrogen) atoms. The van der Waals surface area contributed by atoms with Crippen LogP contribution in [0.5, 0.6) is 0 Å². The summed E-state index contributed by atoms with van der Waals surface area (Å²) >= 11 is 1.78. The van der Waals surface area contributed by atoms with Crippen LogP contribution in [0.3, 0.4) is 0 Å². The zero-order valence-electron chi connectivity index (χ0n) is 10.9. The highest BCUT2D eigenvalue weighted by atomic mass is 32.2. The van der Waals surface area contributed by atoms with E-state index in [1.54, 1.807) is 11.8 Å². The first-order valence-electron chi connectivity index (χ1n) is 7.04. The Morgan fingerprint density at radius 1 is 1.28 bits per heavy atom. The summed E-state index contributed by atoms with van der Waals surface area (Å²) in [5, 5.41) is 16.6. The molecule has 1 aliphatic carbocycles. The van der Waals surface area contributed by atoms with Crippen molar-refractivity contribution < 1.29 is 9.90 Å². The average molecular weight is 272 g/mol. The number of aliphatic hydroxyl groups excluding tert-OH is 1. The number of piperidine rings is 1. The van der Waals surface area contributed by atoms with Crippen LogP contribution in [-0.2, 0) is 4.79 Å². The molecule has 2 unspecified atom stereocenters. The molecule has 0 aromatic rings. The van der Waals surface area contributed by atoms with Crippen molar-refractivity contribution in [2.24, 2.45) is 0 Å². The maximum atomic E-state index is 11.8. The number of carbonyl (C=O) groups excluding carboxylic acids is 1. The van der Waals surface area contributed by atoms with Gasteiger partial charge in [-0.25, -0.2) is 0 Å². The molecule has 1 saturated heterocycles. The van der Waals surface area contributed by atoms with Crippen molar-refractivity contribution in [2.45, 2.75) is 55.9 Å². The molecule has 4 nitrogen and oxygen atoms in total. The first kappa shape index (κ1) is 14.2.